The highest BCUT2D eigenvalue weighted by Gasteiger charge is 2.22. The van der Waals surface area contributed by atoms with Crippen molar-refractivity contribution in [2.45, 2.75) is 24.3 Å². The lowest BCUT2D eigenvalue weighted by Crippen LogP contribution is -2.45. The fourth-order valence-corrected chi connectivity index (χ4v) is 4.05. The molecule has 0 aliphatic rings. The van der Waals surface area contributed by atoms with Gasteiger partial charge in [-0.05, 0) is 41.8 Å². The minimum absolute atomic E-state index is 0.144. The summed E-state index contributed by atoms with van der Waals surface area (Å²) in [5.41, 5.74) is 1.11. The number of carbonyl (C=O) groups excluding carboxylic acids is 1. The summed E-state index contributed by atoms with van der Waals surface area (Å²) in [5.74, 6) is -0.352. The summed E-state index contributed by atoms with van der Waals surface area (Å²) in [6, 6.07) is 21.4. The predicted octanol–water partition coefficient (Wildman–Crippen LogP) is 2.87. The first kappa shape index (κ1) is 19.1. The first-order valence-corrected chi connectivity index (χ1v) is 10.3. The molecule has 3 aromatic carbocycles. The van der Waals surface area contributed by atoms with Crippen LogP contribution in [0.4, 0.5) is 0 Å². The summed E-state index contributed by atoms with van der Waals surface area (Å²) in [7, 11) is -3.78. The molecule has 3 rings (SSSR count). The third-order valence-electron chi connectivity index (χ3n) is 4.31. The molecule has 5 nitrogen and oxygen atoms in total. The van der Waals surface area contributed by atoms with Crippen molar-refractivity contribution in [3.05, 3.63) is 78.4 Å². The number of fused-ring (bicyclic) bond motifs is 1. The van der Waals surface area contributed by atoms with E-state index in [1.807, 2.05) is 54.6 Å². The summed E-state index contributed by atoms with van der Waals surface area (Å²) in [6.07, 6.45) is 0.691. The van der Waals surface area contributed by atoms with E-state index in [-0.39, 0.29) is 10.8 Å². The molecule has 0 fully saturated rings. The van der Waals surface area contributed by atoms with E-state index in [1.54, 1.807) is 18.2 Å². The van der Waals surface area contributed by atoms with Crippen LogP contribution in [0.25, 0.3) is 10.8 Å². The van der Waals surface area contributed by atoms with Gasteiger partial charge in [0.15, 0.2) is 0 Å². The molecule has 0 saturated carbocycles. The van der Waals surface area contributed by atoms with Crippen molar-refractivity contribution in [1.82, 2.24) is 10.0 Å². The van der Waals surface area contributed by atoms with Gasteiger partial charge in [0.1, 0.15) is 0 Å². The minimum Gasteiger partial charge on any atom is -0.354 e. The highest BCUT2D eigenvalue weighted by molar-refractivity contribution is 7.89. The molecule has 0 bridgehead atoms. The van der Waals surface area contributed by atoms with E-state index in [1.165, 1.54) is 6.92 Å². The van der Waals surface area contributed by atoms with Crippen LogP contribution in [0.15, 0.2) is 77.7 Å². The van der Waals surface area contributed by atoms with E-state index < -0.39 is 16.1 Å². The SMILES string of the molecule is C[C@H](NS(=O)(=O)c1ccc2ccccc2c1)C(=O)NCCc1ccccc1. The van der Waals surface area contributed by atoms with Crippen molar-refractivity contribution in [2.75, 3.05) is 6.54 Å². The van der Waals surface area contributed by atoms with Crippen LogP contribution in [0, 0.1) is 0 Å². The number of nitrogens with one attached hydrogen (secondary N) is 2. The Bertz CT molecular complexity index is 1030. The third-order valence-corrected chi connectivity index (χ3v) is 5.85. The van der Waals surface area contributed by atoms with Crippen LogP contribution in [0.5, 0.6) is 0 Å². The van der Waals surface area contributed by atoms with E-state index in [4.69, 9.17) is 0 Å². The van der Waals surface area contributed by atoms with Gasteiger partial charge in [0.2, 0.25) is 15.9 Å². The standard InChI is InChI=1S/C21H22N2O3S/c1-16(21(24)22-14-13-17-7-3-2-4-8-17)23-27(25,26)20-12-11-18-9-5-6-10-19(18)15-20/h2-12,15-16,23H,13-14H2,1H3,(H,22,24)/t16-/m0/s1. The number of carbonyl (C=O) groups is 1. The molecular formula is C21H22N2O3S. The van der Waals surface area contributed by atoms with Gasteiger partial charge >= 0.3 is 0 Å². The number of sulfonamides is 1. The van der Waals surface area contributed by atoms with Crippen molar-refractivity contribution >= 4 is 26.7 Å². The maximum Gasteiger partial charge on any atom is 0.241 e. The normalized spacial score (nSPS) is 12.6. The summed E-state index contributed by atoms with van der Waals surface area (Å²) in [6.45, 7) is 1.99. The summed E-state index contributed by atoms with van der Waals surface area (Å²) in [5, 5.41) is 4.56. The number of hydrogen-bond acceptors (Lipinski definition) is 3. The molecule has 6 heteroatoms. The van der Waals surface area contributed by atoms with Gasteiger partial charge < -0.3 is 5.32 Å². The second-order valence-electron chi connectivity index (χ2n) is 6.38. The lowest BCUT2D eigenvalue weighted by Gasteiger charge is -2.15. The maximum absolute atomic E-state index is 12.6. The second kappa shape index (κ2) is 8.33. The van der Waals surface area contributed by atoms with Crippen molar-refractivity contribution in [2.24, 2.45) is 0 Å². The molecule has 140 valence electrons. The average molecular weight is 382 g/mol. The predicted molar refractivity (Wildman–Crippen MR) is 107 cm³/mol. The number of benzene rings is 3. The van der Waals surface area contributed by atoms with Crippen LogP contribution in [0.2, 0.25) is 0 Å². The lowest BCUT2D eigenvalue weighted by atomic mass is 10.1. The van der Waals surface area contributed by atoms with Gasteiger partial charge in [-0.2, -0.15) is 4.72 Å². The van der Waals surface area contributed by atoms with Crippen LogP contribution < -0.4 is 10.0 Å². The Labute approximate surface area is 159 Å². The smallest absolute Gasteiger partial charge is 0.241 e. The molecule has 27 heavy (non-hydrogen) atoms. The van der Waals surface area contributed by atoms with Crippen molar-refractivity contribution in [3.8, 4) is 0 Å². The van der Waals surface area contributed by atoms with Gasteiger partial charge in [-0.25, -0.2) is 8.42 Å². The van der Waals surface area contributed by atoms with Gasteiger partial charge in [0.25, 0.3) is 0 Å². The number of hydrogen-bond donors (Lipinski definition) is 2. The van der Waals surface area contributed by atoms with Crippen LogP contribution in [-0.4, -0.2) is 26.9 Å². The van der Waals surface area contributed by atoms with E-state index in [0.29, 0.717) is 13.0 Å². The molecule has 0 unspecified atom stereocenters. The molecular weight excluding hydrogens is 360 g/mol. The molecule has 0 aromatic heterocycles. The summed E-state index contributed by atoms with van der Waals surface area (Å²) in [4.78, 5) is 12.4. The lowest BCUT2D eigenvalue weighted by molar-refractivity contribution is -0.122. The Morgan fingerprint density at radius 1 is 0.926 bits per heavy atom. The van der Waals surface area contributed by atoms with Crippen molar-refractivity contribution in [1.29, 1.82) is 0 Å². The zero-order valence-electron chi connectivity index (χ0n) is 15.1. The summed E-state index contributed by atoms with van der Waals surface area (Å²) >= 11 is 0. The Hall–Kier alpha value is -2.70. The zero-order chi connectivity index (χ0) is 19.3. The second-order valence-corrected chi connectivity index (χ2v) is 8.09. The van der Waals surface area contributed by atoms with E-state index in [9.17, 15) is 13.2 Å². The monoisotopic (exact) mass is 382 g/mol. The topological polar surface area (TPSA) is 75.3 Å². The molecule has 3 aromatic rings. The van der Waals surface area contributed by atoms with E-state index in [2.05, 4.69) is 10.0 Å². The molecule has 0 aliphatic heterocycles. The molecule has 0 spiro atoms. The minimum atomic E-state index is -3.78. The zero-order valence-corrected chi connectivity index (χ0v) is 15.9. The van der Waals surface area contributed by atoms with Crippen molar-refractivity contribution < 1.29 is 13.2 Å². The van der Waals surface area contributed by atoms with Gasteiger partial charge in [-0.15, -0.1) is 0 Å². The fraction of sp³-hybridized carbons (Fsp3) is 0.190. The highest BCUT2D eigenvalue weighted by atomic mass is 32.2. The van der Waals surface area contributed by atoms with Crippen molar-refractivity contribution in [3.63, 3.8) is 0 Å². The summed E-state index contributed by atoms with van der Waals surface area (Å²) < 4.78 is 27.6. The third kappa shape index (κ3) is 4.93. The van der Waals surface area contributed by atoms with Crippen LogP contribution in [-0.2, 0) is 21.2 Å². The Kier molecular flexibility index (Phi) is 5.88. The van der Waals surface area contributed by atoms with Crippen LogP contribution in [0.3, 0.4) is 0 Å². The van der Waals surface area contributed by atoms with E-state index >= 15 is 0 Å². The first-order valence-electron chi connectivity index (χ1n) is 8.78. The average Bonchev–Trinajstić information content (AvgIpc) is 2.68. The first-order chi connectivity index (χ1) is 13.0. The fourth-order valence-electron chi connectivity index (χ4n) is 2.82. The van der Waals surface area contributed by atoms with Gasteiger partial charge in [0, 0.05) is 6.54 Å². The number of rotatable bonds is 7. The highest BCUT2D eigenvalue weighted by Crippen LogP contribution is 2.19. The molecule has 1 amide bonds. The molecule has 0 radical (unpaired) electrons. The Morgan fingerprint density at radius 2 is 1.59 bits per heavy atom. The number of amides is 1. The molecule has 0 aliphatic carbocycles. The molecule has 0 heterocycles. The Balaban J connectivity index is 1.60. The van der Waals surface area contributed by atoms with Gasteiger partial charge in [0.05, 0.1) is 10.9 Å². The van der Waals surface area contributed by atoms with Crippen LogP contribution >= 0.6 is 0 Å². The molecule has 1 atom stereocenters. The van der Waals surface area contributed by atoms with Gasteiger partial charge in [-0.1, -0.05) is 60.7 Å². The van der Waals surface area contributed by atoms with Crippen LogP contribution in [0.1, 0.15) is 12.5 Å². The molecule has 0 saturated heterocycles. The largest absolute Gasteiger partial charge is 0.354 e. The quantitative estimate of drug-likeness (QED) is 0.660. The Morgan fingerprint density at radius 3 is 2.33 bits per heavy atom. The van der Waals surface area contributed by atoms with Gasteiger partial charge in [-0.3, -0.25) is 4.79 Å². The molecule has 2 N–H and O–H groups in total. The maximum atomic E-state index is 12.6. The van der Waals surface area contributed by atoms with E-state index in [0.717, 1.165) is 16.3 Å².